The van der Waals surface area contributed by atoms with E-state index in [1.54, 1.807) is 0 Å². The van der Waals surface area contributed by atoms with Gasteiger partial charge in [-0.25, -0.2) is 0 Å². The lowest BCUT2D eigenvalue weighted by molar-refractivity contribution is -0.166. The van der Waals surface area contributed by atoms with Gasteiger partial charge in [-0.1, -0.05) is 239 Å². The number of hydrogen-bond donors (Lipinski definition) is 0. The lowest BCUT2D eigenvalue weighted by Gasteiger charge is -2.18. The van der Waals surface area contributed by atoms with Crippen LogP contribution in [0.1, 0.15) is 239 Å². The quantitative estimate of drug-likeness (QED) is 0.0262. The van der Waals surface area contributed by atoms with Gasteiger partial charge in [0.1, 0.15) is 13.2 Å². The minimum absolute atomic E-state index is 0.105. The summed E-state index contributed by atoms with van der Waals surface area (Å²) >= 11 is 0. The predicted molar refractivity (Wildman–Crippen MR) is 288 cm³/mol. The maximum Gasteiger partial charge on any atom is 0.306 e. The summed E-state index contributed by atoms with van der Waals surface area (Å²) in [5, 5.41) is 0. The van der Waals surface area contributed by atoms with E-state index in [1.165, 1.54) is 89.9 Å². The fourth-order valence-corrected chi connectivity index (χ4v) is 7.25. The summed E-state index contributed by atoms with van der Waals surface area (Å²) in [7, 11) is 0. The highest BCUT2D eigenvalue weighted by Gasteiger charge is 2.19. The van der Waals surface area contributed by atoms with Crippen molar-refractivity contribution < 1.29 is 28.6 Å². The Hall–Kier alpha value is -3.93. The van der Waals surface area contributed by atoms with Gasteiger partial charge >= 0.3 is 17.9 Å². The molecular weight excluding hydrogens is 829 g/mol. The molecule has 6 heteroatoms. The molecule has 0 radical (unpaired) electrons. The summed E-state index contributed by atoms with van der Waals surface area (Å²) in [6.07, 6.45) is 73.7. The van der Waals surface area contributed by atoms with Crippen LogP contribution in [-0.2, 0) is 28.6 Å². The molecule has 0 N–H and O–H groups in total. The zero-order chi connectivity index (χ0) is 48.6. The van der Waals surface area contributed by atoms with Crippen LogP contribution in [-0.4, -0.2) is 37.2 Å². The fourth-order valence-electron chi connectivity index (χ4n) is 7.25. The van der Waals surface area contributed by atoms with Crippen LogP contribution in [0.4, 0.5) is 0 Å². The number of unbranched alkanes of at least 4 members (excludes halogenated alkanes) is 19. The van der Waals surface area contributed by atoms with E-state index in [-0.39, 0.29) is 37.5 Å². The molecule has 0 bridgehead atoms. The standard InChI is InChI=1S/C61H100O6/c1-4-7-10-13-16-19-22-25-27-29-30-32-33-36-39-42-45-48-51-54-60(63)66-57-58(56-65-59(62)53-50-47-44-41-38-35-24-21-18-15-12-9-6-3)67-61(64)55-52-49-46-43-40-37-34-31-28-26-23-20-17-14-11-8-5-2/h7-8,10-11,16-17,19-20,25-28,30,32,36,39,45,48,58H,4-6,9,12-15,18,21-24,29,31,33-35,37-38,40-44,46-47,49-57H2,1-3H3/b10-7-,11-8-,19-16-,20-17-,27-25-,28-26-,32-30-,39-36-,48-45-. The van der Waals surface area contributed by atoms with E-state index < -0.39 is 6.10 Å². The number of carbonyl (C=O) groups excluding carboxylic acids is 3. The van der Waals surface area contributed by atoms with Crippen LogP contribution in [0.25, 0.3) is 0 Å². The minimum Gasteiger partial charge on any atom is -0.462 e. The van der Waals surface area contributed by atoms with E-state index in [0.29, 0.717) is 19.3 Å². The number of carbonyl (C=O) groups is 3. The van der Waals surface area contributed by atoms with Crippen LogP contribution in [0.15, 0.2) is 109 Å². The first-order valence-corrected chi connectivity index (χ1v) is 27.4. The topological polar surface area (TPSA) is 78.9 Å². The van der Waals surface area contributed by atoms with Crippen LogP contribution >= 0.6 is 0 Å². The fraction of sp³-hybridized carbons (Fsp3) is 0.656. The average Bonchev–Trinajstić information content (AvgIpc) is 3.33. The molecule has 0 heterocycles. The normalized spacial score (nSPS) is 12.9. The molecule has 0 saturated heterocycles. The first-order valence-electron chi connectivity index (χ1n) is 27.4. The Morgan fingerprint density at radius 3 is 1.00 bits per heavy atom. The van der Waals surface area contributed by atoms with Gasteiger partial charge in [0, 0.05) is 19.3 Å². The van der Waals surface area contributed by atoms with Crippen LogP contribution in [0.2, 0.25) is 0 Å². The minimum atomic E-state index is -0.814. The number of ether oxygens (including phenoxy) is 3. The van der Waals surface area contributed by atoms with Crippen LogP contribution in [0.5, 0.6) is 0 Å². The van der Waals surface area contributed by atoms with Crippen molar-refractivity contribution in [2.75, 3.05) is 13.2 Å². The summed E-state index contributed by atoms with van der Waals surface area (Å²) < 4.78 is 16.8. The Bertz CT molecular complexity index is 1390. The number of hydrogen-bond acceptors (Lipinski definition) is 6. The van der Waals surface area contributed by atoms with Gasteiger partial charge in [-0.05, 0) is 89.9 Å². The Morgan fingerprint density at radius 2 is 0.612 bits per heavy atom. The molecule has 1 unspecified atom stereocenters. The van der Waals surface area contributed by atoms with Gasteiger partial charge in [-0.2, -0.15) is 0 Å². The van der Waals surface area contributed by atoms with Crippen LogP contribution in [0, 0.1) is 0 Å². The highest BCUT2D eigenvalue weighted by molar-refractivity contribution is 5.71. The summed E-state index contributed by atoms with van der Waals surface area (Å²) in [4.78, 5) is 38.1. The smallest absolute Gasteiger partial charge is 0.306 e. The molecule has 0 aromatic rings. The van der Waals surface area contributed by atoms with E-state index in [0.717, 1.165) is 103 Å². The molecule has 0 aliphatic heterocycles. The van der Waals surface area contributed by atoms with E-state index in [4.69, 9.17) is 14.2 Å². The zero-order valence-corrected chi connectivity index (χ0v) is 43.4. The zero-order valence-electron chi connectivity index (χ0n) is 43.4. The van der Waals surface area contributed by atoms with Crippen molar-refractivity contribution in [1.29, 1.82) is 0 Å². The van der Waals surface area contributed by atoms with Gasteiger partial charge in [0.05, 0.1) is 0 Å². The number of allylic oxidation sites excluding steroid dienone is 18. The molecule has 67 heavy (non-hydrogen) atoms. The lowest BCUT2D eigenvalue weighted by Crippen LogP contribution is -2.30. The number of rotatable bonds is 48. The van der Waals surface area contributed by atoms with Gasteiger partial charge in [-0.3, -0.25) is 14.4 Å². The molecule has 0 aromatic carbocycles. The summed E-state index contributed by atoms with van der Waals surface area (Å²) in [6.45, 7) is 6.34. The highest BCUT2D eigenvalue weighted by Crippen LogP contribution is 2.15. The molecule has 0 spiro atoms. The van der Waals surface area contributed by atoms with Crippen LogP contribution < -0.4 is 0 Å². The average molecular weight is 929 g/mol. The summed E-state index contributed by atoms with van der Waals surface area (Å²) in [6, 6.07) is 0. The van der Waals surface area contributed by atoms with Crippen molar-refractivity contribution in [3.8, 4) is 0 Å². The third-order valence-corrected chi connectivity index (χ3v) is 11.3. The second-order valence-electron chi connectivity index (χ2n) is 17.7. The maximum atomic E-state index is 12.8. The molecule has 0 rings (SSSR count). The molecule has 0 aliphatic carbocycles. The lowest BCUT2D eigenvalue weighted by atomic mass is 10.0. The molecule has 0 saturated carbocycles. The van der Waals surface area contributed by atoms with Gasteiger partial charge in [-0.15, -0.1) is 0 Å². The first-order chi connectivity index (χ1) is 33.0. The molecule has 0 aliphatic rings. The second-order valence-corrected chi connectivity index (χ2v) is 17.7. The maximum absolute atomic E-state index is 12.8. The molecular formula is C61H100O6. The Labute approximate surface area is 412 Å². The summed E-state index contributed by atoms with van der Waals surface area (Å²) in [5.74, 6) is -1.00. The molecule has 380 valence electrons. The third kappa shape index (κ3) is 52.9. The van der Waals surface area contributed by atoms with Crippen molar-refractivity contribution in [3.63, 3.8) is 0 Å². The van der Waals surface area contributed by atoms with Crippen molar-refractivity contribution in [2.45, 2.75) is 245 Å². The van der Waals surface area contributed by atoms with Gasteiger partial charge in [0.25, 0.3) is 0 Å². The predicted octanol–water partition coefficient (Wildman–Crippen LogP) is 18.3. The van der Waals surface area contributed by atoms with E-state index >= 15 is 0 Å². The Kier molecular flexibility index (Phi) is 51.5. The van der Waals surface area contributed by atoms with Crippen LogP contribution in [0.3, 0.4) is 0 Å². The van der Waals surface area contributed by atoms with E-state index in [9.17, 15) is 14.4 Å². The monoisotopic (exact) mass is 929 g/mol. The summed E-state index contributed by atoms with van der Waals surface area (Å²) in [5.41, 5.74) is 0. The molecule has 6 nitrogen and oxygen atoms in total. The number of esters is 3. The van der Waals surface area contributed by atoms with Crippen molar-refractivity contribution in [3.05, 3.63) is 109 Å². The van der Waals surface area contributed by atoms with E-state index in [1.807, 2.05) is 6.08 Å². The molecule has 0 fully saturated rings. The van der Waals surface area contributed by atoms with Gasteiger partial charge in [0.15, 0.2) is 6.10 Å². The Balaban J connectivity index is 4.51. The largest absolute Gasteiger partial charge is 0.462 e. The van der Waals surface area contributed by atoms with Crippen molar-refractivity contribution in [1.82, 2.24) is 0 Å². The SMILES string of the molecule is CC/C=C\C/C=C\C/C=C\C/C=C\C/C=C\C/C=C\CCC(=O)OCC(COC(=O)CCCCCCCCCCCCCCC)OC(=O)CCCCCCCCC/C=C\C/C=C\C/C=C\CC. The van der Waals surface area contributed by atoms with E-state index in [2.05, 4.69) is 124 Å². The molecule has 0 amide bonds. The molecule has 0 aromatic heterocycles. The highest BCUT2D eigenvalue weighted by atomic mass is 16.6. The van der Waals surface area contributed by atoms with Crippen molar-refractivity contribution >= 4 is 17.9 Å². The van der Waals surface area contributed by atoms with Gasteiger partial charge < -0.3 is 14.2 Å². The van der Waals surface area contributed by atoms with Gasteiger partial charge in [0.2, 0.25) is 0 Å². The Morgan fingerprint density at radius 1 is 0.313 bits per heavy atom. The van der Waals surface area contributed by atoms with Crippen molar-refractivity contribution in [2.24, 2.45) is 0 Å². The second kappa shape index (κ2) is 54.7. The third-order valence-electron chi connectivity index (χ3n) is 11.3. The first kappa shape index (κ1) is 63.1. The molecule has 1 atom stereocenters.